The maximum absolute atomic E-state index is 6.15. The molecule has 132 valence electrons. The van der Waals surface area contributed by atoms with E-state index in [1.807, 2.05) is 0 Å². The molecule has 1 aliphatic heterocycles. The van der Waals surface area contributed by atoms with Crippen molar-refractivity contribution in [3.8, 4) is 0 Å². The molecule has 5 heteroatoms. The Morgan fingerprint density at radius 1 is 0.864 bits per heavy atom. The molecule has 0 N–H and O–H groups in total. The number of hydrogen-bond acceptors (Lipinski definition) is 4. The van der Waals surface area contributed by atoms with Crippen molar-refractivity contribution in [1.82, 2.24) is 0 Å². The molecule has 1 aliphatic rings. The predicted octanol–water partition coefficient (Wildman–Crippen LogP) is 4.41. The van der Waals surface area contributed by atoms with Gasteiger partial charge >= 0.3 is 8.80 Å². The van der Waals surface area contributed by atoms with Crippen LogP contribution >= 0.6 is 0 Å². The minimum atomic E-state index is -2.50. The van der Waals surface area contributed by atoms with Crippen molar-refractivity contribution in [3.63, 3.8) is 0 Å². The van der Waals surface area contributed by atoms with Crippen LogP contribution in [0.2, 0.25) is 6.04 Å². The fourth-order valence-corrected chi connectivity index (χ4v) is 5.55. The fourth-order valence-electron chi connectivity index (χ4n) is 2.71. The van der Waals surface area contributed by atoms with Crippen molar-refractivity contribution in [3.05, 3.63) is 0 Å². The zero-order valence-corrected chi connectivity index (χ0v) is 16.1. The van der Waals surface area contributed by atoms with E-state index in [0.717, 1.165) is 64.8 Å². The van der Waals surface area contributed by atoms with E-state index < -0.39 is 8.80 Å². The molecule has 1 rings (SSSR count). The molecule has 0 saturated carbocycles. The van der Waals surface area contributed by atoms with E-state index in [2.05, 4.69) is 27.7 Å². The minimum absolute atomic E-state index is 0.403. The van der Waals surface area contributed by atoms with Gasteiger partial charge in [-0.15, -0.1) is 0 Å². The van der Waals surface area contributed by atoms with Crippen LogP contribution in [0.25, 0.3) is 0 Å². The van der Waals surface area contributed by atoms with Gasteiger partial charge < -0.3 is 18.0 Å². The Bertz CT molecular complexity index is 255. The second kappa shape index (κ2) is 10.8. The Hall–Kier alpha value is 0.0569. The van der Waals surface area contributed by atoms with Crippen molar-refractivity contribution in [1.29, 1.82) is 0 Å². The van der Waals surface area contributed by atoms with E-state index in [1.165, 1.54) is 12.8 Å². The van der Waals surface area contributed by atoms with Crippen molar-refractivity contribution in [2.45, 2.75) is 72.3 Å². The summed E-state index contributed by atoms with van der Waals surface area (Å²) in [6, 6.07) is 0.939. The topological polar surface area (TPSA) is 36.9 Å². The Kier molecular flexibility index (Phi) is 9.83. The number of rotatable bonds is 14. The van der Waals surface area contributed by atoms with Gasteiger partial charge in [0.05, 0.1) is 13.2 Å². The number of hydrogen-bond donors (Lipinski definition) is 0. The lowest BCUT2D eigenvalue weighted by Gasteiger charge is -2.41. The molecule has 0 aliphatic carbocycles. The van der Waals surface area contributed by atoms with Crippen LogP contribution in [0.15, 0.2) is 0 Å². The zero-order chi connectivity index (χ0) is 16.3. The molecule has 4 nitrogen and oxygen atoms in total. The highest BCUT2D eigenvalue weighted by atomic mass is 28.4. The molecular weight excluding hydrogens is 296 g/mol. The number of ether oxygens (including phenoxy) is 1. The van der Waals surface area contributed by atoms with Gasteiger partial charge in [-0.2, -0.15) is 0 Å². The Morgan fingerprint density at radius 3 is 1.68 bits per heavy atom. The molecule has 0 amide bonds. The smallest absolute Gasteiger partial charge is 0.380 e. The van der Waals surface area contributed by atoms with E-state index in [-0.39, 0.29) is 0 Å². The van der Waals surface area contributed by atoms with Gasteiger partial charge in [0.2, 0.25) is 0 Å². The van der Waals surface area contributed by atoms with Crippen LogP contribution in [0.1, 0.15) is 66.2 Å². The van der Waals surface area contributed by atoms with Gasteiger partial charge in [0.25, 0.3) is 0 Å². The van der Waals surface area contributed by atoms with Gasteiger partial charge in [0, 0.05) is 31.3 Å². The summed E-state index contributed by atoms with van der Waals surface area (Å²) in [6.45, 7) is 12.7. The lowest BCUT2D eigenvalue weighted by molar-refractivity contribution is -0.120. The van der Waals surface area contributed by atoms with Gasteiger partial charge in [-0.05, 0) is 38.5 Å². The summed E-state index contributed by atoms with van der Waals surface area (Å²) < 4.78 is 23.9. The molecule has 1 saturated heterocycles. The van der Waals surface area contributed by atoms with Crippen LogP contribution in [-0.4, -0.2) is 41.8 Å². The molecule has 0 spiro atoms. The second-order valence-corrected chi connectivity index (χ2v) is 9.16. The highest BCUT2D eigenvalue weighted by Gasteiger charge is 2.42. The monoisotopic (exact) mass is 332 g/mol. The summed E-state index contributed by atoms with van der Waals surface area (Å²) in [5.41, 5.74) is 0.403. The largest absolute Gasteiger partial charge is 0.500 e. The standard InChI is InChI=1S/C17H36O4Si/c1-5-11-19-22(20-12-6-2,21-13-7-3)14-9-10-17(8-4)15-18-16-17/h5-16H2,1-4H3. The van der Waals surface area contributed by atoms with Crippen LogP contribution in [0, 0.1) is 5.41 Å². The zero-order valence-electron chi connectivity index (χ0n) is 15.1. The predicted molar refractivity (Wildman–Crippen MR) is 92.1 cm³/mol. The first-order valence-corrected chi connectivity index (χ1v) is 11.1. The highest BCUT2D eigenvalue weighted by Crippen LogP contribution is 2.37. The molecule has 0 unspecified atom stereocenters. The van der Waals surface area contributed by atoms with Crippen molar-refractivity contribution >= 4 is 8.80 Å². The Morgan fingerprint density at radius 2 is 1.36 bits per heavy atom. The van der Waals surface area contributed by atoms with E-state index in [9.17, 15) is 0 Å². The highest BCUT2D eigenvalue weighted by molar-refractivity contribution is 6.60. The third kappa shape index (κ3) is 6.28. The van der Waals surface area contributed by atoms with Crippen LogP contribution < -0.4 is 0 Å². The van der Waals surface area contributed by atoms with Crippen molar-refractivity contribution in [2.24, 2.45) is 5.41 Å². The van der Waals surface area contributed by atoms with Crippen LogP contribution in [0.3, 0.4) is 0 Å². The summed E-state index contributed by atoms with van der Waals surface area (Å²) in [7, 11) is -2.50. The van der Waals surface area contributed by atoms with E-state index in [0.29, 0.717) is 5.41 Å². The minimum Gasteiger partial charge on any atom is -0.380 e. The molecular formula is C17H36O4Si. The molecule has 0 aromatic rings. The van der Waals surface area contributed by atoms with Crippen LogP contribution in [0.5, 0.6) is 0 Å². The average molecular weight is 333 g/mol. The molecule has 0 bridgehead atoms. The molecule has 0 radical (unpaired) electrons. The normalized spacial score (nSPS) is 17.5. The summed E-state index contributed by atoms with van der Waals surface area (Å²) in [5.74, 6) is 0. The molecule has 1 fully saturated rings. The third-order valence-electron chi connectivity index (χ3n) is 4.33. The van der Waals surface area contributed by atoms with E-state index in [4.69, 9.17) is 18.0 Å². The third-order valence-corrected chi connectivity index (χ3v) is 7.23. The van der Waals surface area contributed by atoms with E-state index in [1.54, 1.807) is 0 Å². The lowest BCUT2D eigenvalue weighted by atomic mass is 9.79. The van der Waals surface area contributed by atoms with Crippen LogP contribution in [0.4, 0.5) is 0 Å². The second-order valence-electron chi connectivity index (χ2n) is 6.43. The van der Waals surface area contributed by atoms with Crippen molar-refractivity contribution < 1.29 is 18.0 Å². The molecule has 1 heterocycles. The maximum atomic E-state index is 6.15. The Balaban J connectivity index is 2.55. The quantitative estimate of drug-likeness (QED) is 0.441. The van der Waals surface area contributed by atoms with Gasteiger partial charge in [-0.3, -0.25) is 0 Å². The van der Waals surface area contributed by atoms with Crippen molar-refractivity contribution in [2.75, 3.05) is 33.0 Å². The maximum Gasteiger partial charge on any atom is 0.500 e. The molecule has 0 atom stereocenters. The summed E-state index contributed by atoms with van der Waals surface area (Å²) >= 11 is 0. The SMILES string of the molecule is CCCO[Si](CCCC1(CC)COC1)(OCCC)OCCC. The van der Waals surface area contributed by atoms with E-state index >= 15 is 0 Å². The first kappa shape index (κ1) is 20.1. The lowest BCUT2D eigenvalue weighted by Crippen LogP contribution is -2.47. The fraction of sp³-hybridized carbons (Fsp3) is 1.00. The van der Waals surface area contributed by atoms with Gasteiger partial charge in [0.15, 0.2) is 0 Å². The van der Waals surface area contributed by atoms with Gasteiger partial charge in [0.1, 0.15) is 0 Å². The summed E-state index contributed by atoms with van der Waals surface area (Å²) in [4.78, 5) is 0. The molecule has 22 heavy (non-hydrogen) atoms. The summed E-state index contributed by atoms with van der Waals surface area (Å²) in [6.07, 6.45) is 6.52. The van der Waals surface area contributed by atoms with Gasteiger partial charge in [-0.1, -0.05) is 27.7 Å². The molecule has 0 aromatic heterocycles. The van der Waals surface area contributed by atoms with Gasteiger partial charge in [-0.25, -0.2) is 0 Å². The first-order chi connectivity index (χ1) is 10.7. The van der Waals surface area contributed by atoms with Crippen LogP contribution in [-0.2, 0) is 18.0 Å². The average Bonchev–Trinajstić information content (AvgIpc) is 2.51. The Labute approximate surface area is 138 Å². The molecule has 0 aromatic carbocycles. The first-order valence-electron chi connectivity index (χ1n) is 9.15. The summed E-state index contributed by atoms with van der Waals surface area (Å²) in [5, 5.41) is 0.